The minimum absolute atomic E-state index is 0.0988. The van der Waals surface area contributed by atoms with Crippen LogP contribution in [-0.2, 0) is 14.3 Å². The predicted octanol–water partition coefficient (Wildman–Crippen LogP) is 4.11. The molecule has 0 saturated carbocycles. The van der Waals surface area contributed by atoms with Crippen molar-refractivity contribution in [3.63, 3.8) is 0 Å². The second kappa shape index (κ2) is 8.73. The van der Waals surface area contributed by atoms with Crippen LogP contribution in [0.1, 0.15) is 18.9 Å². The fourth-order valence-electron chi connectivity index (χ4n) is 3.16. The Hall–Kier alpha value is -2.79. The van der Waals surface area contributed by atoms with Crippen LogP contribution >= 0.6 is 0 Å². The van der Waals surface area contributed by atoms with Gasteiger partial charge in [-0.3, -0.25) is 4.79 Å². The van der Waals surface area contributed by atoms with Crippen LogP contribution in [0.4, 0.5) is 0 Å². The molecule has 1 aliphatic carbocycles. The van der Waals surface area contributed by atoms with Gasteiger partial charge in [-0.2, -0.15) is 0 Å². The summed E-state index contributed by atoms with van der Waals surface area (Å²) in [4.78, 5) is 12.3. The lowest BCUT2D eigenvalue weighted by Crippen LogP contribution is -2.37. The van der Waals surface area contributed by atoms with E-state index in [-0.39, 0.29) is 5.78 Å². The molecule has 0 N–H and O–H groups in total. The summed E-state index contributed by atoms with van der Waals surface area (Å²) in [6.07, 6.45) is 7.41. The fourth-order valence-corrected chi connectivity index (χ4v) is 3.16. The van der Waals surface area contributed by atoms with Crippen molar-refractivity contribution < 1.29 is 23.7 Å². The van der Waals surface area contributed by atoms with Crippen molar-refractivity contribution in [3.8, 4) is 11.5 Å². The summed E-state index contributed by atoms with van der Waals surface area (Å²) in [7, 11) is 6.32. The first-order chi connectivity index (χ1) is 12.9. The molecular formula is C22H26O5. The molecular weight excluding hydrogens is 344 g/mol. The monoisotopic (exact) mass is 370 g/mol. The van der Waals surface area contributed by atoms with Gasteiger partial charge in [-0.25, -0.2) is 0 Å². The summed E-state index contributed by atoms with van der Waals surface area (Å²) in [5.41, 5.74) is 1.42. The smallest absolute Gasteiger partial charge is 0.185 e. The Kier molecular flexibility index (Phi) is 6.64. The van der Waals surface area contributed by atoms with E-state index >= 15 is 0 Å². The van der Waals surface area contributed by atoms with Crippen molar-refractivity contribution in [2.24, 2.45) is 0 Å². The molecule has 0 aromatic heterocycles. The van der Waals surface area contributed by atoms with Crippen molar-refractivity contribution in [1.29, 1.82) is 0 Å². The minimum Gasteiger partial charge on any atom is -0.497 e. The van der Waals surface area contributed by atoms with Crippen LogP contribution in [0.15, 0.2) is 59.9 Å². The van der Waals surface area contributed by atoms with Crippen LogP contribution in [-0.4, -0.2) is 39.8 Å². The molecule has 0 amide bonds. The average Bonchev–Trinajstić information content (AvgIpc) is 2.69. The number of carbonyl (C=O) groups excluding carboxylic acids is 1. The molecule has 0 bridgehead atoms. The lowest BCUT2D eigenvalue weighted by molar-refractivity contribution is -0.112. The molecule has 0 heterocycles. The van der Waals surface area contributed by atoms with Gasteiger partial charge in [-0.15, -0.1) is 6.58 Å². The Labute approximate surface area is 160 Å². The number of carbonyl (C=O) groups is 1. The van der Waals surface area contributed by atoms with Gasteiger partial charge in [0, 0.05) is 18.8 Å². The summed E-state index contributed by atoms with van der Waals surface area (Å²) in [6, 6.07) is 5.64. The molecule has 144 valence electrons. The normalized spacial score (nSPS) is 19.9. The first kappa shape index (κ1) is 20.5. The van der Waals surface area contributed by atoms with E-state index in [0.717, 1.165) is 11.1 Å². The number of benzene rings is 1. The number of hydrogen-bond acceptors (Lipinski definition) is 5. The molecule has 5 heteroatoms. The summed E-state index contributed by atoms with van der Waals surface area (Å²) in [6.45, 7) is 5.66. The summed E-state index contributed by atoms with van der Waals surface area (Å²) < 4.78 is 22.0. The zero-order chi connectivity index (χ0) is 20.0. The van der Waals surface area contributed by atoms with E-state index < -0.39 is 5.60 Å². The molecule has 0 saturated heterocycles. The number of ether oxygens (including phenoxy) is 4. The Morgan fingerprint density at radius 2 is 1.81 bits per heavy atom. The molecule has 2 rings (SSSR count). The minimum atomic E-state index is -0.964. The van der Waals surface area contributed by atoms with Crippen LogP contribution in [0, 0.1) is 0 Å². The maximum Gasteiger partial charge on any atom is 0.185 e. The first-order valence-electron chi connectivity index (χ1n) is 8.54. The SMILES string of the molecule is C=CCC1=C[C@](OC)(C(C)=Cc2ccc(OC)c(OC)c2)C(OC)=CC1=O. The number of methoxy groups -OCH3 is 4. The number of allylic oxidation sites excluding steroid dienone is 3. The molecule has 1 aliphatic rings. The molecule has 1 aromatic carbocycles. The Balaban J connectivity index is 2.56. The maximum absolute atomic E-state index is 12.3. The summed E-state index contributed by atoms with van der Waals surface area (Å²) >= 11 is 0. The zero-order valence-corrected chi connectivity index (χ0v) is 16.5. The highest BCUT2D eigenvalue weighted by Crippen LogP contribution is 2.38. The van der Waals surface area contributed by atoms with Gasteiger partial charge in [-0.1, -0.05) is 18.2 Å². The molecule has 1 aromatic rings. The Morgan fingerprint density at radius 1 is 1.11 bits per heavy atom. The summed E-state index contributed by atoms with van der Waals surface area (Å²) in [5.74, 6) is 1.63. The van der Waals surface area contributed by atoms with E-state index in [1.807, 2.05) is 37.3 Å². The maximum atomic E-state index is 12.3. The van der Waals surface area contributed by atoms with Crippen molar-refractivity contribution in [1.82, 2.24) is 0 Å². The lowest BCUT2D eigenvalue weighted by Gasteiger charge is -2.35. The van der Waals surface area contributed by atoms with Gasteiger partial charge in [-0.05, 0) is 42.7 Å². The molecule has 0 spiro atoms. The first-order valence-corrected chi connectivity index (χ1v) is 8.54. The van der Waals surface area contributed by atoms with Crippen LogP contribution in [0.2, 0.25) is 0 Å². The van der Waals surface area contributed by atoms with Gasteiger partial charge in [0.1, 0.15) is 5.76 Å². The van der Waals surface area contributed by atoms with E-state index in [1.165, 1.54) is 13.2 Å². The molecule has 0 radical (unpaired) electrons. The standard InChI is InChI=1S/C22H26O5/c1-7-8-17-14-22(27-6,21(26-5)13-18(17)23)15(2)11-16-9-10-19(24-3)20(12-16)25-4/h7,9-14H,1,8H2,2-6H3/t22-/m0/s1. The number of ketones is 1. The van der Waals surface area contributed by atoms with Crippen molar-refractivity contribution in [2.75, 3.05) is 28.4 Å². The van der Waals surface area contributed by atoms with Gasteiger partial charge in [0.15, 0.2) is 22.9 Å². The lowest BCUT2D eigenvalue weighted by atomic mass is 9.82. The molecule has 0 unspecified atom stereocenters. The van der Waals surface area contributed by atoms with Gasteiger partial charge < -0.3 is 18.9 Å². The van der Waals surface area contributed by atoms with E-state index in [4.69, 9.17) is 18.9 Å². The van der Waals surface area contributed by atoms with Crippen LogP contribution in [0.5, 0.6) is 11.5 Å². The van der Waals surface area contributed by atoms with Gasteiger partial charge >= 0.3 is 0 Å². The Morgan fingerprint density at radius 3 is 2.37 bits per heavy atom. The molecule has 0 aliphatic heterocycles. The van der Waals surface area contributed by atoms with Gasteiger partial charge in [0.2, 0.25) is 0 Å². The topological polar surface area (TPSA) is 54.0 Å². The number of hydrogen-bond donors (Lipinski definition) is 0. The van der Waals surface area contributed by atoms with Crippen molar-refractivity contribution in [2.45, 2.75) is 18.9 Å². The third kappa shape index (κ3) is 3.98. The van der Waals surface area contributed by atoms with E-state index in [9.17, 15) is 4.79 Å². The number of rotatable bonds is 8. The van der Waals surface area contributed by atoms with E-state index in [1.54, 1.807) is 27.4 Å². The molecule has 27 heavy (non-hydrogen) atoms. The van der Waals surface area contributed by atoms with E-state index in [0.29, 0.717) is 29.3 Å². The molecule has 0 fully saturated rings. The van der Waals surface area contributed by atoms with Crippen molar-refractivity contribution >= 4 is 11.9 Å². The highest BCUT2D eigenvalue weighted by molar-refractivity contribution is 6.06. The van der Waals surface area contributed by atoms with Crippen LogP contribution in [0.25, 0.3) is 6.08 Å². The predicted molar refractivity (Wildman–Crippen MR) is 106 cm³/mol. The fraction of sp³-hybridized carbons (Fsp3) is 0.318. The van der Waals surface area contributed by atoms with Gasteiger partial charge in [0.25, 0.3) is 0 Å². The van der Waals surface area contributed by atoms with Crippen LogP contribution < -0.4 is 9.47 Å². The second-order valence-electron chi connectivity index (χ2n) is 6.12. The third-order valence-electron chi connectivity index (χ3n) is 4.60. The van der Waals surface area contributed by atoms with Crippen molar-refractivity contribution in [3.05, 3.63) is 65.5 Å². The Bertz CT molecular complexity index is 816. The summed E-state index contributed by atoms with van der Waals surface area (Å²) in [5, 5.41) is 0. The molecule has 1 atom stereocenters. The van der Waals surface area contributed by atoms with Gasteiger partial charge in [0.05, 0.1) is 21.3 Å². The highest BCUT2D eigenvalue weighted by atomic mass is 16.5. The van der Waals surface area contributed by atoms with E-state index in [2.05, 4.69) is 6.58 Å². The van der Waals surface area contributed by atoms with Crippen LogP contribution in [0.3, 0.4) is 0 Å². The highest BCUT2D eigenvalue weighted by Gasteiger charge is 2.40. The molecule has 5 nitrogen and oxygen atoms in total. The zero-order valence-electron chi connectivity index (χ0n) is 16.5. The third-order valence-corrected chi connectivity index (χ3v) is 4.60. The average molecular weight is 370 g/mol. The largest absolute Gasteiger partial charge is 0.497 e. The quantitative estimate of drug-likeness (QED) is 0.645. The second-order valence-corrected chi connectivity index (χ2v) is 6.12.